The number of rotatable bonds is 5. The molecular formula is C22H24N2O4S2. The molecule has 2 aromatic carbocycles. The molecule has 0 radical (unpaired) electrons. The third-order valence-corrected chi connectivity index (χ3v) is 7.44. The van der Waals surface area contributed by atoms with Crippen LogP contribution in [0.25, 0.3) is 10.2 Å². The zero-order valence-corrected chi connectivity index (χ0v) is 18.8. The minimum absolute atomic E-state index is 0.0299. The van der Waals surface area contributed by atoms with E-state index in [0.29, 0.717) is 29.4 Å². The Kier molecular flexibility index (Phi) is 5.65. The highest BCUT2D eigenvalue weighted by Gasteiger charge is 2.28. The van der Waals surface area contributed by atoms with Crippen molar-refractivity contribution in [3.05, 3.63) is 53.1 Å². The van der Waals surface area contributed by atoms with Crippen LogP contribution in [0.4, 0.5) is 5.13 Å². The van der Waals surface area contributed by atoms with Gasteiger partial charge in [-0.25, -0.2) is 13.4 Å². The molecule has 1 aromatic heterocycles. The predicted octanol–water partition coefficient (Wildman–Crippen LogP) is 4.14. The maximum Gasteiger partial charge on any atom is 0.260 e. The first-order valence-corrected chi connectivity index (χ1v) is 12.5. The first-order valence-electron chi connectivity index (χ1n) is 9.84. The van der Waals surface area contributed by atoms with Gasteiger partial charge in [0.05, 0.1) is 27.8 Å². The number of hydrogen-bond acceptors (Lipinski definition) is 6. The van der Waals surface area contributed by atoms with E-state index >= 15 is 0 Å². The van der Waals surface area contributed by atoms with Crippen molar-refractivity contribution in [1.29, 1.82) is 0 Å². The SMILES string of the molecule is Cc1ccc(C)c(C(=O)N(CC2CCCO2)c2nc3ccc(S(C)(=O)=O)cc3s2)c1. The Morgan fingerprint density at radius 3 is 2.73 bits per heavy atom. The second-order valence-corrected chi connectivity index (χ2v) is 10.8. The highest BCUT2D eigenvalue weighted by molar-refractivity contribution is 7.90. The lowest BCUT2D eigenvalue weighted by molar-refractivity contribution is 0.0917. The molecule has 0 bridgehead atoms. The van der Waals surface area contributed by atoms with Gasteiger partial charge in [-0.15, -0.1) is 0 Å². The molecule has 2 heterocycles. The van der Waals surface area contributed by atoms with Crippen molar-refractivity contribution in [2.75, 3.05) is 24.3 Å². The fourth-order valence-corrected chi connectivity index (χ4v) is 5.32. The average molecular weight is 445 g/mol. The van der Waals surface area contributed by atoms with Crippen LogP contribution in [0.15, 0.2) is 41.3 Å². The van der Waals surface area contributed by atoms with Crippen molar-refractivity contribution in [3.8, 4) is 0 Å². The maximum atomic E-state index is 13.6. The van der Waals surface area contributed by atoms with Crippen LogP contribution in [-0.2, 0) is 14.6 Å². The van der Waals surface area contributed by atoms with E-state index in [1.807, 2.05) is 32.0 Å². The Labute approximate surface area is 180 Å². The van der Waals surface area contributed by atoms with Gasteiger partial charge < -0.3 is 4.74 Å². The monoisotopic (exact) mass is 444 g/mol. The van der Waals surface area contributed by atoms with Crippen LogP contribution in [0.1, 0.15) is 34.3 Å². The Morgan fingerprint density at radius 1 is 1.23 bits per heavy atom. The van der Waals surface area contributed by atoms with Crippen molar-refractivity contribution >= 4 is 42.4 Å². The average Bonchev–Trinajstić information content (AvgIpc) is 3.35. The lowest BCUT2D eigenvalue weighted by Crippen LogP contribution is -2.37. The largest absolute Gasteiger partial charge is 0.376 e. The van der Waals surface area contributed by atoms with Crippen LogP contribution >= 0.6 is 11.3 Å². The van der Waals surface area contributed by atoms with Crippen LogP contribution in [0.5, 0.6) is 0 Å². The number of aryl methyl sites for hydroxylation is 2. The molecule has 1 saturated heterocycles. The second kappa shape index (κ2) is 8.09. The van der Waals surface area contributed by atoms with E-state index in [1.54, 1.807) is 23.1 Å². The summed E-state index contributed by atoms with van der Waals surface area (Å²) in [5, 5.41) is 0.553. The van der Waals surface area contributed by atoms with Gasteiger partial charge in [0, 0.05) is 18.4 Å². The first-order chi connectivity index (χ1) is 14.2. The molecule has 1 aliphatic heterocycles. The molecule has 8 heteroatoms. The molecule has 1 amide bonds. The van der Waals surface area contributed by atoms with Gasteiger partial charge in [-0.05, 0) is 56.5 Å². The van der Waals surface area contributed by atoms with Crippen LogP contribution in [0, 0.1) is 13.8 Å². The zero-order chi connectivity index (χ0) is 21.5. The van der Waals surface area contributed by atoms with E-state index in [-0.39, 0.29) is 16.9 Å². The highest BCUT2D eigenvalue weighted by Crippen LogP contribution is 2.32. The number of carbonyl (C=O) groups is 1. The Bertz CT molecular complexity index is 1210. The van der Waals surface area contributed by atoms with Crippen molar-refractivity contribution in [3.63, 3.8) is 0 Å². The van der Waals surface area contributed by atoms with Crippen molar-refractivity contribution in [2.24, 2.45) is 0 Å². The lowest BCUT2D eigenvalue weighted by Gasteiger charge is -2.24. The smallest absolute Gasteiger partial charge is 0.260 e. The third kappa shape index (κ3) is 4.26. The summed E-state index contributed by atoms with van der Waals surface area (Å²) in [6.45, 7) is 5.01. The summed E-state index contributed by atoms with van der Waals surface area (Å²) in [6, 6.07) is 10.7. The molecule has 30 heavy (non-hydrogen) atoms. The molecule has 4 rings (SSSR count). The van der Waals surface area contributed by atoms with Crippen molar-refractivity contribution in [1.82, 2.24) is 4.98 Å². The van der Waals surface area contributed by atoms with E-state index in [1.165, 1.54) is 17.6 Å². The van der Waals surface area contributed by atoms with E-state index in [4.69, 9.17) is 4.74 Å². The Hall–Kier alpha value is -2.29. The quantitative estimate of drug-likeness (QED) is 0.591. The molecule has 0 saturated carbocycles. The molecule has 3 aromatic rings. The van der Waals surface area contributed by atoms with E-state index in [0.717, 1.165) is 28.7 Å². The van der Waals surface area contributed by atoms with Gasteiger partial charge in [-0.2, -0.15) is 0 Å². The van der Waals surface area contributed by atoms with E-state index in [9.17, 15) is 13.2 Å². The molecule has 0 aliphatic carbocycles. The van der Waals surface area contributed by atoms with Crippen molar-refractivity contribution in [2.45, 2.75) is 37.7 Å². The number of anilines is 1. The highest BCUT2D eigenvalue weighted by atomic mass is 32.2. The summed E-state index contributed by atoms with van der Waals surface area (Å²) in [7, 11) is -3.32. The minimum atomic E-state index is -3.32. The van der Waals surface area contributed by atoms with E-state index in [2.05, 4.69) is 4.98 Å². The maximum absolute atomic E-state index is 13.6. The molecule has 158 valence electrons. The standard InChI is InChI=1S/C22H24N2O4S2/c1-14-6-7-15(2)18(11-14)21(25)24(13-16-5-4-10-28-16)22-23-19-9-8-17(30(3,26)27)12-20(19)29-22/h6-9,11-12,16H,4-5,10,13H2,1-3H3. The summed E-state index contributed by atoms with van der Waals surface area (Å²) in [5.74, 6) is -0.117. The predicted molar refractivity (Wildman–Crippen MR) is 119 cm³/mol. The Balaban J connectivity index is 1.77. The molecule has 1 fully saturated rings. The number of benzene rings is 2. The summed E-state index contributed by atoms with van der Waals surface area (Å²) in [6.07, 6.45) is 3.04. The van der Waals surface area contributed by atoms with Gasteiger partial charge in [0.2, 0.25) is 0 Å². The number of thiazole rings is 1. The van der Waals surface area contributed by atoms with Gasteiger partial charge in [-0.1, -0.05) is 29.0 Å². The number of fused-ring (bicyclic) bond motifs is 1. The van der Waals surface area contributed by atoms with Crippen molar-refractivity contribution < 1.29 is 17.9 Å². The van der Waals surface area contributed by atoms with Crippen LogP contribution in [-0.4, -0.2) is 44.8 Å². The second-order valence-electron chi connectivity index (χ2n) is 7.77. The number of nitrogens with zero attached hydrogens (tertiary/aromatic N) is 2. The molecular weight excluding hydrogens is 420 g/mol. The fraction of sp³-hybridized carbons (Fsp3) is 0.364. The van der Waals surface area contributed by atoms with Gasteiger partial charge in [0.1, 0.15) is 0 Å². The summed E-state index contributed by atoms with van der Waals surface area (Å²) in [5.41, 5.74) is 3.24. The summed E-state index contributed by atoms with van der Waals surface area (Å²) >= 11 is 1.33. The summed E-state index contributed by atoms with van der Waals surface area (Å²) < 4.78 is 30.3. The third-order valence-electron chi connectivity index (χ3n) is 5.29. The van der Waals surface area contributed by atoms with Gasteiger partial charge in [-0.3, -0.25) is 9.69 Å². The molecule has 0 N–H and O–H groups in total. The number of ether oxygens (including phenoxy) is 1. The summed E-state index contributed by atoms with van der Waals surface area (Å²) in [4.78, 5) is 20.1. The number of aromatic nitrogens is 1. The van der Waals surface area contributed by atoms with Crippen LogP contribution in [0.2, 0.25) is 0 Å². The zero-order valence-electron chi connectivity index (χ0n) is 17.2. The number of carbonyl (C=O) groups excluding carboxylic acids is 1. The molecule has 0 spiro atoms. The Morgan fingerprint density at radius 2 is 2.03 bits per heavy atom. The van der Waals surface area contributed by atoms with Gasteiger partial charge >= 0.3 is 0 Å². The van der Waals surface area contributed by atoms with Gasteiger partial charge in [0.25, 0.3) is 5.91 Å². The first kappa shape index (κ1) is 21.0. The molecule has 1 atom stereocenters. The number of amides is 1. The lowest BCUT2D eigenvalue weighted by atomic mass is 10.0. The molecule has 1 unspecified atom stereocenters. The van der Waals surface area contributed by atoms with Gasteiger partial charge in [0.15, 0.2) is 15.0 Å². The molecule has 6 nitrogen and oxygen atoms in total. The topological polar surface area (TPSA) is 76.6 Å². The van der Waals surface area contributed by atoms with E-state index < -0.39 is 9.84 Å². The number of sulfone groups is 1. The normalized spacial score (nSPS) is 16.8. The fourth-order valence-electron chi connectivity index (χ4n) is 3.59. The van der Waals surface area contributed by atoms with Crippen LogP contribution < -0.4 is 4.90 Å². The number of hydrogen-bond donors (Lipinski definition) is 0. The minimum Gasteiger partial charge on any atom is -0.376 e. The molecule has 1 aliphatic rings. The van der Waals surface area contributed by atoms with Crippen LogP contribution in [0.3, 0.4) is 0 Å².